The second kappa shape index (κ2) is 6.23. The molecule has 5 heteroatoms. The van der Waals surface area contributed by atoms with Gasteiger partial charge in [-0.25, -0.2) is 4.79 Å². The summed E-state index contributed by atoms with van der Waals surface area (Å²) >= 11 is 0. The molecular weight excluding hydrogens is 258 g/mol. The van der Waals surface area contributed by atoms with E-state index < -0.39 is 5.97 Å². The molecule has 1 aromatic carbocycles. The zero-order valence-electron chi connectivity index (χ0n) is 11.8. The molecule has 0 amide bonds. The van der Waals surface area contributed by atoms with E-state index in [0.717, 1.165) is 11.3 Å². The van der Waals surface area contributed by atoms with Crippen LogP contribution >= 0.6 is 0 Å². The summed E-state index contributed by atoms with van der Waals surface area (Å²) in [5, 5.41) is 3.65. The zero-order chi connectivity index (χ0) is 14.5. The predicted octanol–water partition coefficient (Wildman–Crippen LogP) is 2.80. The first kappa shape index (κ1) is 14.1. The average Bonchev–Trinajstić information content (AvgIpc) is 2.74. The van der Waals surface area contributed by atoms with Gasteiger partial charge in [-0.15, -0.1) is 0 Å². The summed E-state index contributed by atoms with van der Waals surface area (Å²) in [6, 6.07) is 5.50. The van der Waals surface area contributed by atoms with E-state index in [2.05, 4.69) is 9.99 Å². The first-order valence-electron chi connectivity index (χ1n) is 6.53. The van der Waals surface area contributed by atoms with Crippen LogP contribution in [-0.4, -0.2) is 24.9 Å². The van der Waals surface area contributed by atoms with Crippen molar-refractivity contribution in [3.8, 4) is 11.5 Å². The number of hydrogen-bond donors (Lipinski definition) is 0. The largest absolute Gasteiger partial charge is 0.494 e. The second-order valence-corrected chi connectivity index (χ2v) is 4.18. The maximum atomic E-state index is 11.6. The van der Waals surface area contributed by atoms with Crippen LogP contribution in [0, 0.1) is 0 Å². The summed E-state index contributed by atoms with van der Waals surface area (Å²) < 4.78 is 11.0. The molecule has 1 heterocycles. The van der Waals surface area contributed by atoms with Gasteiger partial charge in [-0.05, 0) is 39.0 Å². The maximum absolute atomic E-state index is 11.6. The summed E-state index contributed by atoms with van der Waals surface area (Å²) in [6.45, 7) is 6.67. The Morgan fingerprint density at radius 1 is 1.25 bits per heavy atom. The molecule has 0 fully saturated rings. The van der Waals surface area contributed by atoms with Crippen molar-refractivity contribution in [2.75, 3.05) is 13.2 Å². The highest BCUT2D eigenvalue weighted by Gasteiger charge is 2.22. The lowest BCUT2D eigenvalue weighted by atomic mass is 10.1. The molecule has 0 bridgehead atoms. The lowest BCUT2D eigenvalue weighted by molar-refractivity contribution is -0.136. The van der Waals surface area contributed by atoms with Gasteiger partial charge in [-0.3, -0.25) is 0 Å². The van der Waals surface area contributed by atoms with Gasteiger partial charge in [0.15, 0.2) is 0 Å². The molecule has 0 saturated heterocycles. The molecule has 0 aromatic heterocycles. The van der Waals surface area contributed by atoms with Gasteiger partial charge in [0.2, 0.25) is 0 Å². The fourth-order valence-corrected chi connectivity index (χ4v) is 1.85. The van der Waals surface area contributed by atoms with E-state index in [9.17, 15) is 4.79 Å². The van der Waals surface area contributed by atoms with E-state index in [1.165, 1.54) is 0 Å². The normalized spacial score (nSPS) is 16.1. The standard InChI is InChI=1S/C15H17NO4/c1-4-18-12-7-6-11(14(9-12)19-5-2)8-13-10(3)16-20-15(13)17/h6-9H,4-5H2,1-3H3/b13-8+. The number of benzene rings is 1. The number of ether oxygens (including phenoxy) is 2. The van der Waals surface area contributed by atoms with E-state index in [-0.39, 0.29) is 0 Å². The molecule has 1 aliphatic rings. The van der Waals surface area contributed by atoms with Crippen molar-refractivity contribution in [3.05, 3.63) is 29.3 Å². The van der Waals surface area contributed by atoms with Gasteiger partial charge >= 0.3 is 5.97 Å². The van der Waals surface area contributed by atoms with E-state index in [4.69, 9.17) is 9.47 Å². The summed E-state index contributed by atoms with van der Waals surface area (Å²) in [5.74, 6) is 0.953. The van der Waals surface area contributed by atoms with Crippen LogP contribution in [0.2, 0.25) is 0 Å². The Kier molecular flexibility index (Phi) is 4.40. The van der Waals surface area contributed by atoms with Crippen molar-refractivity contribution < 1.29 is 19.1 Å². The highest BCUT2D eigenvalue weighted by atomic mass is 16.7. The van der Waals surface area contributed by atoms with Gasteiger partial charge in [0, 0.05) is 11.6 Å². The topological polar surface area (TPSA) is 57.1 Å². The summed E-state index contributed by atoms with van der Waals surface area (Å²) in [6.07, 6.45) is 1.72. The molecule has 5 nitrogen and oxygen atoms in total. The van der Waals surface area contributed by atoms with Crippen LogP contribution in [0.4, 0.5) is 0 Å². The van der Waals surface area contributed by atoms with Crippen LogP contribution < -0.4 is 9.47 Å². The lowest BCUT2D eigenvalue weighted by Gasteiger charge is -2.10. The van der Waals surface area contributed by atoms with Gasteiger partial charge in [0.1, 0.15) is 11.5 Å². The Morgan fingerprint density at radius 3 is 2.60 bits per heavy atom. The molecule has 0 aliphatic carbocycles. The number of oxime groups is 1. The number of carbonyl (C=O) groups excluding carboxylic acids is 1. The van der Waals surface area contributed by atoms with E-state index in [1.54, 1.807) is 13.0 Å². The highest BCUT2D eigenvalue weighted by Crippen LogP contribution is 2.28. The van der Waals surface area contributed by atoms with E-state index in [0.29, 0.717) is 30.2 Å². The van der Waals surface area contributed by atoms with Crippen LogP contribution in [-0.2, 0) is 9.63 Å². The molecule has 106 valence electrons. The monoisotopic (exact) mass is 275 g/mol. The van der Waals surface area contributed by atoms with E-state index >= 15 is 0 Å². The first-order valence-corrected chi connectivity index (χ1v) is 6.53. The van der Waals surface area contributed by atoms with Crippen LogP contribution in [0.3, 0.4) is 0 Å². The number of nitrogens with zero attached hydrogens (tertiary/aromatic N) is 1. The third kappa shape index (κ3) is 2.99. The van der Waals surface area contributed by atoms with Crippen molar-refractivity contribution in [1.29, 1.82) is 0 Å². The molecule has 2 rings (SSSR count). The van der Waals surface area contributed by atoms with Gasteiger partial charge < -0.3 is 14.3 Å². The Balaban J connectivity index is 2.38. The van der Waals surface area contributed by atoms with Gasteiger partial charge in [0.05, 0.1) is 24.5 Å². The average molecular weight is 275 g/mol. The minimum absolute atomic E-state index is 0.440. The Labute approximate surface area is 117 Å². The maximum Gasteiger partial charge on any atom is 0.367 e. The van der Waals surface area contributed by atoms with Crippen LogP contribution in [0.1, 0.15) is 26.3 Å². The van der Waals surface area contributed by atoms with Gasteiger partial charge in [-0.1, -0.05) is 5.16 Å². The smallest absolute Gasteiger partial charge is 0.367 e. The van der Waals surface area contributed by atoms with E-state index in [1.807, 2.05) is 32.0 Å². The van der Waals surface area contributed by atoms with Crippen molar-refractivity contribution in [2.24, 2.45) is 5.16 Å². The molecule has 0 N–H and O–H groups in total. The molecule has 1 aliphatic heterocycles. The second-order valence-electron chi connectivity index (χ2n) is 4.18. The first-order chi connectivity index (χ1) is 9.65. The zero-order valence-corrected chi connectivity index (χ0v) is 11.8. The number of hydrogen-bond acceptors (Lipinski definition) is 5. The van der Waals surface area contributed by atoms with Crippen molar-refractivity contribution in [2.45, 2.75) is 20.8 Å². The number of carbonyl (C=O) groups is 1. The minimum atomic E-state index is -0.446. The quantitative estimate of drug-likeness (QED) is 0.612. The molecule has 1 aromatic rings. The van der Waals surface area contributed by atoms with Crippen molar-refractivity contribution >= 4 is 17.8 Å². The third-order valence-electron chi connectivity index (χ3n) is 2.77. The fraction of sp³-hybridized carbons (Fsp3) is 0.333. The molecule has 0 spiro atoms. The molecule has 20 heavy (non-hydrogen) atoms. The summed E-state index contributed by atoms with van der Waals surface area (Å²) in [5.41, 5.74) is 1.79. The predicted molar refractivity (Wildman–Crippen MR) is 76.0 cm³/mol. The van der Waals surface area contributed by atoms with Crippen molar-refractivity contribution in [3.63, 3.8) is 0 Å². The fourth-order valence-electron chi connectivity index (χ4n) is 1.85. The number of rotatable bonds is 5. The lowest BCUT2D eigenvalue weighted by Crippen LogP contribution is -2.03. The molecule has 0 radical (unpaired) electrons. The molecule has 0 saturated carbocycles. The van der Waals surface area contributed by atoms with Crippen molar-refractivity contribution in [1.82, 2.24) is 0 Å². The van der Waals surface area contributed by atoms with Crippen LogP contribution in [0.5, 0.6) is 11.5 Å². The molecule has 0 atom stereocenters. The summed E-state index contributed by atoms with van der Waals surface area (Å²) in [4.78, 5) is 16.2. The Bertz CT molecular complexity index is 575. The molecule has 0 unspecified atom stereocenters. The van der Waals surface area contributed by atoms with Crippen LogP contribution in [0.25, 0.3) is 6.08 Å². The molecular formula is C15H17NO4. The SMILES string of the molecule is CCOc1ccc(/C=C2/C(=O)ON=C2C)c(OCC)c1. The summed E-state index contributed by atoms with van der Waals surface area (Å²) in [7, 11) is 0. The third-order valence-corrected chi connectivity index (χ3v) is 2.77. The Morgan fingerprint density at radius 2 is 2.00 bits per heavy atom. The van der Waals surface area contributed by atoms with Crippen LogP contribution in [0.15, 0.2) is 28.9 Å². The highest BCUT2D eigenvalue weighted by molar-refractivity contribution is 6.24. The van der Waals surface area contributed by atoms with Gasteiger partial charge in [0.25, 0.3) is 0 Å². The van der Waals surface area contributed by atoms with Gasteiger partial charge in [-0.2, -0.15) is 0 Å². The minimum Gasteiger partial charge on any atom is -0.494 e. The Hall–Kier alpha value is -2.30.